The summed E-state index contributed by atoms with van der Waals surface area (Å²) in [6.07, 6.45) is 1.18. The molecular formula is C8H6NO4S2-. The third-order valence-electron chi connectivity index (χ3n) is 1.95. The van der Waals surface area contributed by atoms with Gasteiger partial charge < -0.3 is 9.66 Å². The Hall–Kier alpha value is -1.18. The van der Waals surface area contributed by atoms with Crippen LogP contribution in [-0.2, 0) is 22.5 Å². The molecule has 1 unspecified atom stereocenters. The maximum absolute atomic E-state index is 10.8. The molecule has 15 heavy (non-hydrogen) atoms. The minimum Gasteiger partial charge on any atom is -0.755 e. The predicted molar refractivity (Wildman–Crippen MR) is 55.5 cm³/mol. The highest BCUT2D eigenvalue weighted by molar-refractivity contribution is 7.77. The fraction of sp³-hybridized carbons (Fsp3) is 0.125. The number of carboxylic acids is 1. The van der Waals surface area contributed by atoms with Gasteiger partial charge in [-0.05, 0) is 17.0 Å². The molecular weight excluding hydrogens is 238 g/mol. The first-order valence-electron chi connectivity index (χ1n) is 3.98. The first-order chi connectivity index (χ1) is 7.09. The summed E-state index contributed by atoms with van der Waals surface area (Å²) in [4.78, 5) is 10.6. The van der Waals surface area contributed by atoms with E-state index in [0.717, 1.165) is 3.97 Å². The Kier molecular flexibility index (Phi) is 2.59. The first-order valence-corrected chi connectivity index (χ1v) is 5.89. The van der Waals surface area contributed by atoms with Crippen LogP contribution in [0.1, 0.15) is 5.56 Å². The maximum Gasteiger partial charge on any atom is 0.307 e. The highest BCUT2D eigenvalue weighted by atomic mass is 32.2. The van der Waals surface area contributed by atoms with Gasteiger partial charge in [0.15, 0.2) is 0 Å². The van der Waals surface area contributed by atoms with Gasteiger partial charge in [-0.2, -0.15) is 0 Å². The Morgan fingerprint density at radius 1 is 1.67 bits per heavy atom. The van der Waals surface area contributed by atoms with Gasteiger partial charge in [0.2, 0.25) is 0 Å². The van der Waals surface area contributed by atoms with Crippen LogP contribution in [0.4, 0.5) is 0 Å². The van der Waals surface area contributed by atoms with Crippen LogP contribution < -0.4 is 0 Å². The number of aromatic nitrogens is 1. The van der Waals surface area contributed by atoms with E-state index in [9.17, 15) is 13.6 Å². The molecule has 7 heteroatoms. The molecule has 0 aliphatic rings. The van der Waals surface area contributed by atoms with Crippen LogP contribution >= 0.6 is 11.3 Å². The van der Waals surface area contributed by atoms with Crippen molar-refractivity contribution in [1.82, 2.24) is 3.97 Å². The molecule has 1 N–H and O–H groups in total. The Morgan fingerprint density at radius 3 is 3.00 bits per heavy atom. The fourth-order valence-corrected chi connectivity index (χ4v) is 2.88. The highest BCUT2D eigenvalue weighted by Gasteiger charge is 2.12. The van der Waals surface area contributed by atoms with E-state index in [1.807, 2.05) is 0 Å². The molecule has 0 fully saturated rings. The van der Waals surface area contributed by atoms with E-state index in [1.54, 1.807) is 11.4 Å². The highest BCUT2D eigenvalue weighted by Crippen LogP contribution is 2.27. The van der Waals surface area contributed by atoms with E-state index in [0.29, 0.717) is 15.8 Å². The van der Waals surface area contributed by atoms with Crippen molar-refractivity contribution in [1.29, 1.82) is 0 Å². The predicted octanol–water partition coefficient (Wildman–Crippen LogP) is 0.972. The SMILES string of the molecule is O=C(O)Cc1cn(S(=O)[O-])c2ccsc12. The summed E-state index contributed by atoms with van der Waals surface area (Å²) in [6, 6.07) is 1.65. The second-order valence-electron chi connectivity index (χ2n) is 2.90. The van der Waals surface area contributed by atoms with Crippen molar-refractivity contribution in [3.8, 4) is 0 Å². The Labute approximate surface area is 91.4 Å². The summed E-state index contributed by atoms with van der Waals surface area (Å²) >= 11 is -1.06. The van der Waals surface area contributed by atoms with Crippen LogP contribution in [0.3, 0.4) is 0 Å². The zero-order chi connectivity index (χ0) is 11.0. The van der Waals surface area contributed by atoms with Gasteiger partial charge in [0.05, 0.1) is 27.9 Å². The first kappa shape index (κ1) is 10.3. The number of hydrogen-bond acceptors (Lipinski definition) is 4. The van der Waals surface area contributed by atoms with Crippen LogP contribution in [0.25, 0.3) is 10.2 Å². The lowest BCUT2D eigenvalue weighted by molar-refractivity contribution is -0.136. The number of thiophene rings is 1. The summed E-state index contributed by atoms with van der Waals surface area (Å²) in [5.74, 6) is -0.973. The van der Waals surface area contributed by atoms with Crippen LogP contribution in [0.15, 0.2) is 17.6 Å². The van der Waals surface area contributed by atoms with E-state index in [1.165, 1.54) is 17.5 Å². The van der Waals surface area contributed by atoms with Crippen LogP contribution in [-0.4, -0.2) is 23.8 Å². The summed E-state index contributed by atoms with van der Waals surface area (Å²) in [5, 5.41) is 10.4. The van der Waals surface area contributed by atoms with E-state index in [4.69, 9.17) is 5.11 Å². The number of carbonyl (C=O) groups is 1. The van der Waals surface area contributed by atoms with Gasteiger partial charge in [0.1, 0.15) is 0 Å². The third kappa shape index (κ3) is 1.81. The second kappa shape index (κ2) is 3.76. The van der Waals surface area contributed by atoms with Gasteiger partial charge in [0, 0.05) is 6.20 Å². The van der Waals surface area contributed by atoms with Crippen molar-refractivity contribution in [2.24, 2.45) is 0 Å². The minimum absolute atomic E-state index is 0.165. The van der Waals surface area contributed by atoms with Crippen LogP contribution in [0.5, 0.6) is 0 Å². The monoisotopic (exact) mass is 244 g/mol. The molecule has 2 heterocycles. The second-order valence-corrected chi connectivity index (χ2v) is 4.65. The van der Waals surface area contributed by atoms with Crippen molar-refractivity contribution in [2.45, 2.75) is 6.42 Å². The van der Waals surface area contributed by atoms with Gasteiger partial charge in [-0.15, -0.1) is 11.3 Å². The van der Waals surface area contributed by atoms with E-state index in [2.05, 4.69) is 0 Å². The van der Waals surface area contributed by atoms with Gasteiger partial charge in [-0.1, -0.05) is 0 Å². The molecule has 0 aromatic carbocycles. The van der Waals surface area contributed by atoms with Gasteiger partial charge in [-0.25, -0.2) is 0 Å². The molecule has 2 aromatic heterocycles. The van der Waals surface area contributed by atoms with Gasteiger partial charge >= 0.3 is 5.97 Å². The molecule has 0 aliphatic heterocycles. The Morgan fingerprint density at radius 2 is 2.40 bits per heavy atom. The number of aliphatic carboxylic acids is 1. The molecule has 0 aliphatic carbocycles. The zero-order valence-electron chi connectivity index (χ0n) is 7.37. The third-order valence-corrected chi connectivity index (χ3v) is 3.55. The smallest absolute Gasteiger partial charge is 0.307 e. The normalized spacial score (nSPS) is 13.1. The summed E-state index contributed by atoms with van der Waals surface area (Å²) in [6.45, 7) is 0. The van der Waals surface area contributed by atoms with E-state index >= 15 is 0 Å². The number of rotatable bonds is 3. The molecule has 0 bridgehead atoms. The molecule has 0 amide bonds. The minimum atomic E-state index is -2.40. The zero-order valence-corrected chi connectivity index (χ0v) is 9.01. The van der Waals surface area contributed by atoms with Crippen molar-refractivity contribution < 1.29 is 18.7 Å². The van der Waals surface area contributed by atoms with Crippen molar-refractivity contribution in [3.63, 3.8) is 0 Å². The van der Waals surface area contributed by atoms with Crippen molar-refractivity contribution in [3.05, 3.63) is 23.2 Å². The standard InChI is InChI=1S/C8H7NO4S2/c10-7(11)3-5-4-9(15(12)13)6-1-2-14-8(5)6/h1-2,4H,3H2,(H,10,11)(H,12,13)/p-1. The topological polar surface area (TPSA) is 82.4 Å². The van der Waals surface area contributed by atoms with Gasteiger partial charge in [-0.3, -0.25) is 13.0 Å². The number of fused-ring (bicyclic) bond motifs is 1. The summed E-state index contributed by atoms with van der Waals surface area (Å²) < 4.78 is 23.4. The fourth-order valence-electron chi connectivity index (χ4n) is 1.40. The Balaban J connectivity index is 2.60. The lowest BCUT2D eigenvalue weighted by Gasteiger charge is -2.05. The van der Waals surface area contributed by atoms with Crippen molar-refractivity contribution in [2.75, 3.05) is 0 Å². The maximum atomic E-state index is 10.8. The lowest BCUT2D eigenvalue weighted by atomic mass is 10.2. The quantitative estimate of drug-likeness (QED) is 0.815. The number of carboxylic acid groups (broad SMARTS) is 1. The lowest BCUT2D eigenvalue weighted by Crippen LogP contribution is -2.01. The van der Waals surface area contributed by atoms with E-state index in [-0.39, 0.29) is 6.42 Å². The van der Waals surface area contributed by atoms with Gasteiger partial charge in [0.25, 0.3) is 0 Å². The molecule has 1 atom stereocenters. The average molecular weight is 244 g/mol. The van der Waals surface area contributed by atoms with E-state index < -0.39 is 17.2 Å². The molecule has 0 saturated heterocycles. The summed E-state index contributed by atoms with van der Waals surface area (Å²) in [5.41, 5.74) is 1.06. The van der Waals surface area contributed by atoms with Crippen LogP contribution in [0.2, 0.25) is 0 Å². The molecule has 2 rings (SSSR count). The molecule has 5 nitrogen and oxygen atoms in total. The molecule has 0 radical (unpaired) electrons. The molecule has 0 saturated carbocycles. The molecule has 80 valence electrons. The number of nitrogens with zero attached hydrogens (tertiary/aromatic N) is 1. The molecule has 0 spiro atoms. The average Bonchev–Trinajstić information content (AvgIpc) is 2.66. The largest absolute Gasteiger partial charge is 0.755 e. The van der Waals surface area contributed by atoms with Crippen molar-refractivity contribution >= 4 is 38.8 Å². The van der Waals surface area contributed by atoms with Crippen LogP contribution in [0, 0.1) is 0 Å². The summed E-state index contributed by atoms with van der Waals surface area (Å²) in [7, 11) is 0. The number of hydrogen-bond donors (Lipinski definition) is 1. The molecule has 2 aromatic rings. The Bertz CT molecular complexity index is 542.